The molecule has 0 amide bonds. The van der Waals surface area contributed by atoms with Crippen LogP contribution in [0.25, 0.3) is 0 Å². The number of nitrogens with zero attached hydrogens (tertiary/aromatic N) is 2. The predicted molar refractivity (Wildman–Crippen MR) is 63.4 cm³/mol. The van der Waals surface area contributed by atoms with Crippen molar-refractivity contribution in [1.29, 1.82) is 0 Å². The van der Waals surface area contributed by atoms with Crippen molar-refractivity contribution in [3.8, 4) is 0 Å². The van der Waals surface area contributed by atoms with Gasteiger partial charge in [0.25, 0.3) is 0 Å². The Balaban J connectivity index is 2.01. The summed E-state index contributed by atoms with van der Waals surface area (Å²) in [7, 11) is 0. The molecule has 0 aliphatic heterocycles. The zero-order valence-electron chi connectivity index (χ0n) is 9.45. The van der Waals surface area contributed by atoms with Gasteiger partial charge in [-0.25, -0.2) is 0 Å². The van der Waals surface area contributed by atoms with Gasteiger partial charge in [-0.05, 0) is 12.5 Å². The highest BCUT2D eigenvalue weighted by Crippen LogP contribution is 2.29. The van der Waals surface area contributed by atoms with E-state index in [-0.39, 0.29) is 5.13 Å². The van der Waals surface area contributed by atoms with Gasteiger partial charge in [-0.3, -0.25) is 0 Å². The maximum absolute atomic E-state index is 12.3. The molecule has 0 aliphatic rings. The highest BCUT2D eigenvalue weighted by Gasteiger charge is 2.36. The molecule has 0 saturated heterocycles. The number of nitrogens with one attached hydrogen (secondary N) is 1. The Morgan fingerprint density at radius 1 is 1.33 bits per heavy atom. The molecular weight excluding hydrogens is 263 g/mol. The van der Waals surface area contributed by atoms with Gasteiger partial charge in [0.2, 0.25) is 11.0 Å². The second-order valence-electron chi connectivity index (χ2n) is 3.76. The van der Waals surface area contributed by atoms with Gasteiger partial charge in [0, 0.05) is 18.1 Å². The lowest BCUT2D eigenvalue weighted by molar-refractivity contribution is -0.144. The highest BCUT2D eigenvalue weighted by atomic mass is 32.1. The Morgan fingerprint density at radius 3 is 2.72 bits per heavy atom. The molecule has 0 spiro atoms. The summed E-state index contributed by atoms with van der Waals surface area (Å²) < 4.78 is 40.1. The van der Waals surface area contributed by atoms with Crippen molar-refractivity contribution in [3.63, 3.8) is 0 Å². The van der Waals surface area contributed by atoms with Crippen LogP contribution in [0.1, 0.15) is 17.0 Å². The summed E-state index contributed by atoms with van der Waals surface area (Å²) in [4.78, 5) is 3.39. The number of alkyl halides is 3. The van der Waals surface area contributed by atoms with Crippen molar-refractivity contribution >= 4 is 16.7 Å². The molecule has 3 nitrogen and oxygen atoms in total. The number of aromatic nitrogens is 2. The minimum absolute atomic E-state index is 0.170. The number of hydrogen-bond acceptors (Lipinski definition) is 4. The largest absolute Gasteiger partial charge is 0.452 e. The first-order chi connectivity index (χ1) is 8.45. The minimum atomic E-state index is -4.49. The summed E-state index contributed by atoms with van der Waals surface area (Å²) in [5, 5.41) is 3.00. The molecule has 0 bridgehead atoms. The summed E-state index contributed by atoms with van der Waals surface area (Å²) in [6, 6.07) is 7.70. The molecule has 1 heterocycles. The van der Waals surface area contributed by atoms with Crippen molar-refractivity contribution in [2.24, 2.45) is 0 Å². The zero-order valence-corrected chi connectivity index (χ0v) is 10.3. The van der Waals surface area contributed by atoms with Crippen molar-refractivity contribution in [1.82, 2.24) is 9.36 Å². The molecule has 0 radical (unpaired) electrons. The molecule has 1 aromatic heterocycles. The number of halogens is 3. The van der Waals surface area contributed by atoms with Gasteiger partial charge in [0.15, 0.2) is 0 Å². The van der Waals surface area contributed by atoms with E-state index in [2.05, 4.69) is 14.7 Å². The van der Waals surface area contributed by atoms with Crippen molar-refractivity contribution in [2.75, 3.05) is 5.32 Å². The Morgan fingerprint density at radius 2 is 2.11 bits per heavy atom. The lowest BCUT2D eigenvalue weighted by Gasteiger charge is -2.03. The average molecular weight is 273 g/mol. The number of rotatable bonds is 3. The molecule has 0 aliphatic carbocycles. The SMILES string of the molecule is Cc1cccc(CNc2nc(C(F)(F)F)ns2)c1. The van der Waals surface area contributed by atoms with Crippen LogP contribution in [-0.2, 0) is 12.7 Å². The van der Waals surface area contributed by atoms with Crippen LogP contribution in [0.3, 0.4) is 0 Å². The summed E-state index contributed by atoms with van der Waals surface area (Å²) >= 11 is 0.708. The van der Waals surface area contributed by atoms with E-state index >= 15 is 0 Å². The highest BCUT2D eigenvalue weighted by molar-refractivity contribution is 7.09. The smallest absolute Gasteiger partial charge is 0.356 e. The summed E-state index contributed by atoms with van der Waals surface area (Å²) in [6.07, 6.45) is -4.49. The molecule has 0 saturated carbocycles. The lowest BCUT2D eigenvalue weighted by Crippen LogP contribution is -2.07. The molecule has 7 heteroatoms. The van der Waals surface area contributed by atoms with Crippen molar-refractivity contribution in [2.45, 2.75) is 19.6 Å². The molecule has 1 aromatic carbocycles. The van der Waals surface area contributed by atoms with E-state index in [0.717, 1.165) is 11.1 Å². The fourth-order valence-corrected chi connectivity index (χ4v) is 1.99. The van der Waals surface area contributed by atoms with E-state index in [1.54, 1.807) is 0 Å². The third kappa shape index (κ3) is 3.19. The number of aryl methyl sites for hydroxylation is 1. The quantitative estimate of drug-likeness (QED) is 0.930. The third-order valence-electron chi connectivity index (χ3n) is 2.21. The van der Waals surface area contributed by atoms with Gasteiger partial charge in [0.1, 0.15) is 0 Å². The second kappa shape index (κ2) is 4.93. The van der Waals surface area contributed by atoms with Gasteiger partial charge < -0.3 is 5.32 Å². The fourth-order valence-electron chi connectivity index (χ4n) is 1.41. The third-order valence-corrected chi connectivity index (χ3v) is 2.88. The van der Waals surface area contributed by atoms with E-state index in [4.69, 9.17) is 0 Å². The number of anilines is 1. The monoisotopic (exact) mass is 273 g/mol. The van der Waals surface area contributed by atoms with Crippen LogP contribution >= 0.6 is 11.5 Å². The molecule has 18 heavy (non-hydrogen) atoms. The summed E-state index contributed by atoms with van der Waals surface area (Å²) in [5.41, 5.74) is 2.08. The average Bonchev–Trinajstić information content (AvgIpc) is 2.74. The maximum atomic E-state index is 12.3. The normalized spacial score (nSPS) is 11.6. The van der Waals surface area contributed by atoms with Crippen LogP contribution in [-0.4, -0.2) is 9.36 Å². The summed E-state index contributed by atoms with van der Waals surface area (Å²) in [6.45, 7) is 2.38. The maximum Gasteiger partial charge on any atom is 0.452 e. The Hall–Kier alpha value is -1.63. The van der Waals surface area contributed by atoms with E-state index in [1.807, 2.05) is 31.2 Å². The molecule has 1 N–H and O–H groups in total. The van der Waals surface area contributed by atoms with E-state index in [9.17, 15) is 13.2 Å². The van der Waals surface area contributed by atoms with Crippen LogP contribution in [0.15, 0.2) is 24.3 Å². The van der Waals surface area contributed by atoms with Crippen LogP contribution in [0.4, 0.5) is 18.3 Å². The molecule has 0 atom stereocenters. The van der Waals surface area contributed by atoms with Gasteiger partial charge >= 0.3 is 6.18 Å². The van der Waals surface area contributed by atoms with E-state index < -0.39 is 12.0 Å². The topological polar surface area (TPSA) is 37.8 Å². The first kappa shape index (κ1) is 12.8. The van der Waals surface area contributed by atoms with E-state index in [1.165, 1.54) is 0 Å². The lowest BCUT2D eigenvalue weighted by atomic mass is 10.1. The van der Waals surface area contributed by atoms with Crippen LogP contribution < -0.4 is 5.32 Å². The molecular formula is C11H10F3N3S. The molecule has 0 unspecified atom stereocenters. The Labute approximate surface area is 106 Å². The first-order valence-corrected chi connectivity index (χ1v) is 5.93. The van der Waals surface area contributed by atoms with Gasteiger partial charge in [-0.1, -0.05) is 29.8 Å². The molecule has 2 rings (SSSR count). The molecule has 2 aromatic rings. The fraction of sp³-hybridized carbons (Fsp3) is 0.273. The van der Waals surface area contributed by atoms with Gasteiger partial charge in [-0.15, -0.1) is 0 Å². The van der Waals surface area contributed by atoms with Crippen molar-refractivity contribution in [3.05, 3.63) is 41.2 Å². The first-order valence-electron chi connectivity index (χ1n) is 5.15. The number of benzene rings is 1. The zero-order chi connectivity index (χ0) is 13.2. The molecule has 0 fully saturated rings. The van der Waals surface area contributed by atoms with Crippen molar-refractivity contribution < 1.29 is 13.2 Å². The predicted octanol–water partition coefficient (Wildman–Crippen LogP) is 3.48. The summed E-state index contributed by atoms with van der Waals surface area (Å²) in [5.74, 6) is -1.10. The van der Waals surface area contributed by atoms with E-state index in [0.29, 0.717) is 18.1 Å². The van der Waals surface area contributed by atoms with Crippen LogP contribution in [0, 0.1) is 6.92 Å². The van der Waals surface area contributed by atoms with Crippen LogP contribution in [0.2, 0.25) is 0 Å². The molecule has 96 valence electrons. The Kier molecular flexibility index (Phi) is 3.51. The van der Waals surface area contributed by atoms with Gasteiger partial charge in [0.05, 0.1) is 0 Å². The number of hydrogen-bond donors (Lipinski definition) is 1. The Bertz CT molecular complexity index is 536. The van der Waals surface area contributed by atoms with Gasteiger partial charge in [-0.2, -0.15) is 22.5 Å². The minimum Gasteiger partial charge on any atom is -0.356 e. The van der Waals surface area contributed by atoms with Crippen LogP contribution in [0.5, 0.6) is 0 Å². The standard InChI is InChI=1S/C11H10F3N3S/c1-7-3-2-4-8(5-7)6-15-10-16-9(17-18-10)11(12,13)14/h2-5H,6H2,1H3,(H,15,16,17). The second-order valence-corrected chi connectivity index (χ2v) is 4.52.